The van der Waals surface area contributed by atoms with Gasteiger partial charge in [-0.2, -0.15) is 0 Å². The van der Waals surface area contributed by atoms with Gasteiger partial charge in [0.05, 0.1) is 24.0 Å². The lowest BCUT2D eigenvalue weighted by atomic mass is 10.0. The number of nitrogens with one attached hydrogen (secondary N) is 2. The van der Waals surface area contributed by atoms with Crippen molar-refractivity contribution < 1.29 is 19.2 Å². The van der Waals surface area contributed by atoms with Crippen molar-refractivity contribution in [2.75, 3.05) is 38.1 Å². The minimum atomic E-state index is -0.466. The fourth-order valence-corrected chi connectivity index (χ4v) is 2.72. The fourth-order valence-electron chi connectivity index (χ4n) is 2.72. The SMILES string of the molecule is CCOC(=O)CCNc1cc([N+](=O)[O-])ccc1C1CN(C=O)CCN1. The molecule has 2 rings (SSSR count). The highest BCUT2D eigenvalue weighted by molar-refractivity contribution is 5.70. The van der Waals surface area contributed by atoms with Crippen LogP contribution in [0.25, 0.3) is 0 Å². The monoisotopic (exact) mass is 350 g/mol. The lowest BCUT2D eigenvalue weighted by Gasteiger charge is -2.32. The van der Waals surface area contributed by atoms with Crippen molar-refractivity contribution in [2.24, 2.45) is 0 Å². The van der Waals surface area contributed by atoms with Gasteiger partial charge in [-0.05, 0) is 18.6 Å². The molecule has 0 bridgehead atoms. The standard InChI is InChI=1S/C16H22N4O5/c1-2-25-16(22)5-6-17-14-9-12(20(23)24)3-4-13(14)15-10-19(11-21)8-7-18-15/h3-4,9,11,15,17-18H,2,5-8,10H2,1H3. The Labute approximate surface area is 145 Å². The van der Waals surface area contributed by atoms with E-state index >= 15 is 0 Å². The second-order valence-corrected chi connectivity index (χ2v) is 5.62. The summed E-state index contributed by atoms with van der Waals surface area (Å²) in [6.45, 7) is 4.10. The van der Waals surface area contributed by atoms with Crippen LogP contribution in [-0.2, 0) is 14.3 Å². The molecule has 1 aromatic rings. The Kier molecular flexibility index (Phi) is 6.70. The van der Waals surface area contributed by atoms with Crippen LogP contribution in [0.15, 0.2) is 18.2 Å². The summed E-state index contributed by atoms with van der Waals surface area (Å²) in [6, 6.07) is 4.43. The predicted molar refractivity (Wildman–Crippen MR) is 91.2 cm³/mol. The Balaban J connectivity index is 2.15. The van der Waals surface area contributed by atoms with Gasteiger partial charge in [-0.15, -0.1) is 0 Å². The van der Waals surface area contributed by atoms with E-state index in [4.69, 9.17) is 4.74 Å². The van der Waals surface area contributed by atoms with Crippen molar-refractivity contribution in [3.05, 3.63) is 33.9 Å². The van der Waals surface area contributed by atoms with Crippen LogP contribution in [0, 0.1) is 10.1 Å². The fraction of sp³-hybridized carbons (Fsp3) is 0.500. The minimum absolute atomic E-state index is 0.0366. The molecule has 1 aliphatic heterocycles. The van der Waals surface area contributed by atoms with Crippen molar-refractivity contribution in [3.8, 4) is 0 Å². The highest BCUT2D eigenvalue weighted by Crippen LogP contribution is 2.29. The summed E-state index contributed by atoms with van der Waals surface area (Å²) in [6.07, 6.45) is 0.960. The van der Waals surface area contributed by atoms with Gasteiger partial charge < -0.3 is 20.3 Å². The number of nitrogens with zero attached hydrogens (tertiary/aromatic N) is 2. The van der Waals surface area contributed by atoms with Gasteiger partial charge >= 0.3 is 5.97 Å². The van der Waals surface area contributed by atoms with E-state index < -0.39 is 4.92 Å². The van der Waals surface area contributed by atoms with Crippen LogP contribution >= 0.6 is 0 Å². The molecule has 2 N–H and O–H groups in total. The van der Waals surface area contributed by atoms with E-state index in [1.54, 1.807) is 17.9 Å². The number of carbonyl (C=O) groups is 2. The van der Waals surface area contributed by atoms with Gasteiger partial charge in [0.2, 0.25) is 6.41 Å². The van der Waals surface area contributed by atoms with E-state index in [1.165, 1.54) is 12.1 Å². The van der Waals surface area contributed by atoms with Crippen LogP contribution in [0.1, 0.15) is 24.9 Å². The van der Waals surface area contributed by atoms with Crippen molar-refractivity contribution in [1.82, 2.24) is 10.2 Å². The summed E-state index contributed by atoms with van der Waals surface area (Å²) < 4.78 is 4.87. The topological polar surface area (TPSA) is 114 Å². The average molecular weight is 350 g/mol. The number of esters is 1. The number of nitro benzene ring substituents is 1. The first-order valence-corrected chi connectivity index (χ1v) is 8.15. The smallest absolute Gasteiger partial charge is 0.307 e. The maximum atomic E-state index is 11.4. The first kappa shape index (κ1) is 18.7. The van der Waals surface area contributed by atoms with Crippen molar-refractivity contribution >= 4 is 23.8 Å². The third-order valence-electron chi connectivity index (χ3n) is 3.93. The molecule has 1 unspecified atom stereocenters. The zero-order chi connectivity index (χ0) is 18.2. The maximum Gasteiger partial charge on any atom is 0.307 e. The third-order valence-corrected chi connectivity index (χ3v) is 3.93. The summed E-state index contributed by atoms with van der Waals surface area (Å²) in [7, 11) is 0. The number of non-ortho nitro benzene ring substituents is 1. The lowest BCUT2D eigenvalue weighted by molar-refractivity contribution is -0.384. The largest absolute Gasteiger partial charge is 0.466 e. The molecule has 0 radical (unpaired) electrons. The quantitative estimate of drug-likeness (QED) is 0.312. The highest BCUT2D eigenvalue weighted by Gasteiger charge is 2.23. The maximum absolute atomic E-state index is 11.4. The molecule has 1 atom stereocenters. The molecule has 0 aliphatic carbocycles. The van der Waals surface area contributed by atoms with Gasteiger partial charge in [-0.3, -0.25) is 19.7 Å². The van der Waals surface area contributed by atoms with Crippen LogP contribution < -0.4 is 10.6 Å². The number of anilines is 1. The molecule has 0 saturated carbocycles. The van der Waals surface area contributed by atoms with E-state index in [1.807, 2.05) is 0 Å². The summed E-state index contributed by atoms with van der Waals surface area (Å²) in [5.41, 5.74) is 1.36. The Hall–Kier alpha value is -2.68. The van der Waals surface area contributed by atoms with Crippen LogP contribution in [0.2, 0.25) is 0 Å². The third kappa shape index (κ3) is 5.15. The Morgan fingerprint density at radius 1 is 1.56 bits per heavy atom. The predicted octanol–water partition coefficient (Wildman–Crippen LogP) is 1.06. The van der Waals surface area contributed by atoms with Gasteiger partial charge in [0.15, 0.2) is 0 Å². The molecule has 25 heavy (non-hydrogen) atoms. The van der Waals surface area contributed by atoms with Gasteiger partial charge in [-0.25, -0.2) is 0 Å². The summed E-state index contributed by atoms with van der Waals surface area (Å²) >= 11 is 0. The number of hydrogen-bond donors (Lipinski definition) is 2. The number of amides is 1. The molecule has 1 aromatic carbocycles. The Morgan fingerprint density at radius 2 is 2.36 bits per heavy atom. The second-order valence-electron chi connectivity index (χ2n) is 5.62. The van der Waals surface area contributed by atoms with Gasteiger partial charge in [0.25, 0.3) is 5.69 Å². The number of carbonyl (C=O) groups excluding carboxylic acids is 2. The van der Waals surface area contributed by atoms with E-state index in [9.17, 15) is 19.7 Å². The van der Waals surface area contributed by atoms with E-state index in [2.05, 4.69) is 10.6 Å². The number of benzene rings is 1. The number of rotatable bonds is 8. The molecular formula is C16H22N4O5. The van der Waals surface area contributed by atoms with E-state index in [-0.39, 0.29) is 24.1 Å². The number of piperazine rings is 1. The molecule has 1 amide bonds. The molecule has 1 saturated heterocycles. The highest BCUT2D eigenvalue weighted by atomic mass is 16.6. The van der Waals surface area contributed by atoms with Crippen LogP contribution in [-0.4, -0.2) is 55.0 Å². The minimum Gasteiger partial charge on any atom is -0.466 e. The normalized spacial score (nSPS) is 17.0. The summed E-state index contributed by atoms with van der Waals surface area (Å²) in [4.78, 5) is 34.7. The van der Waals surface area contributed by atoms with Crippen LogP contribution in [0.5, 0.6) is 0 Å². The van der Waals surface area contributed by atoms with E-state index in [0.29, 0.717) is 38.5 Å². The Bertz CT molecular complexity index is 637. The summed E-state index contributed by atoms with van der Waals surface area (Å²) in [5, 5.41) is 17.4. The zero-order valence-electron chi connectivity index (χ0n) is 14.1. The molecule has 9 heteroatoms. The number of ether oxygens (including phenoxy) is 1. The van der Waals surface area contributed by atoms with Crippen molar-refractivity contribution in [3.63, 3.8) is 0 Å². The van der Waals surface area contributed by atoms with Gasteiger partial charge in [0, 0.05) is 44.0 Å². The Morgan fingerprint density at radius 3 is 3.04 bits per heavy atom. The first-order chi connectivity index (χ1) is 12.0. The van der Waals surface area contributed by atoms with Crippen LogP contribution in [0.4, 0.5) is 11.4 Å². The van der Waals surface area contributed by atoms with Gasteiger partial charge in [-0.1, -0.05) is 0 Å². The van der Waals surface area contributed by atoms with E-state index in [0.717, 1.165) is 12.0 Å². The first-order valence-electron chi connectivity index (χ1n) is 8.15. The molecule has 136 valence electrons. The van der Waals surface area contributed by atoms with Crippen molar-refractivity contribution in [2.45, 2.75) is 19.4 Å². The molecule has 1 heterocycles. The molecule has 9 nitrogen and oxygen atoms in total. The number of nitro groups is 1. The zero-order valence-corrected chi connectivity index (χ0v) is 14.1. The van der Waals surface area contributed by atoms with Gasteiger partial charge in [0.1, 0.15) is 0 Å². The number of hydrogen-bond acceptors (Lipinski definition) is 7. The molecular weight excluding hydrogens is 328 g/mol. The van der Waals surface area contributed by atoms with Crippen LogP contribution in [0.3, 0.4) is 0 Å². The molecule has 0 spiro atoms. The average Bonchev–Trinajstić information content (AvgIpc) is 2.62. The molecule has 1 fully saturated rings. The summed E-state index contributed by atoms with van der Waals surface area (Å²) in [5.74, 6) is -0.329. The van der Waals surface area contributed by atoms with Crippen molar-refractivity contribution in [1.29, 1.82) is 0 Å². The molecule has 0 aromatic heterocycles. The lowest BCUT2D eigenvalue weighted by Crippen LogP contribution is -2.45. The second kappa shape index (κ2) is 8.97. The molecule has 1 aliphatic rings.